The van der Waals surface area contributed by atoms with Crippen LogP contribution in [0.3, 0.4) is 0 Å². The van der Waals surface area contributed by atoms with Crippen LogP contribution in [0.4, 0.5) is 5.82 Å². The Balaban J connectivity index is 1.55. The highest BCUT2D eigenvalue weighted by atomic mass is 16.5. The van der Waals surface area contributed by atoms with Gasteiger partial charge in [-0.2, -0.15) is 0 Å². The number of morpholine rings is 1. The van der Waals surface area contributed by atoms with Crippen LogP contribution in [0.2, 0.25) is 0 Å². The molecule has 1 aromatic heterocycles. The number of aromatic nitrogens is 1. The summed E-state index contributed by atoms with van der Waals surface area (Å²) in [5.41, 5.74) is 7.23. The van der Waals surface area contributed by atoms with E-state index in [1.807, 2.05) is 6.20 Å². The zero-order valence-corrected chi connectivity index (χ0v) is 14.8. The Hall–Kier alpha value is -1.82. The monoisotopic (exact) mass is 331 g/mol. The lowest BCUT2D eigenvalue weighted by atomic mass is 10.00. The van der Waals surface area contributed by atoms with Crippen molar-refractivity contribution in [3.63, 3.8) is 0 Å². The van der Waals surface area contributed by atoms with Crippen molar-refractivity contribution in [1.29, 1.82) is 0 Å². The van der Waals surface area contributed by atoms with Crippen LogP contribution in [0, 0.1) is 5.92 Å². The van der Waals surface area contributed by atoms with Gasteiger partial charge < -0.3 is 20.3 Å². The molecule has 0 aliphatic carbocycles. The Bertz CT molecular complexity index is 551. The number of guanidine groups is 1. The molecule has 0 bridgehead atoms. The highest BCUT2D eigenvalue weighted by Crippen LogP contribution is 2.17. The van der Waals surface area contributed by atoms with E-state index in [4.69, 9.17) is 10.5 Å². The summed E-state index contributed by atoms with van der Waals surface area (Å²) >= 11 is 0. The molecule has 6 heteroatoms. The average molecular weight is 331 g/mol. The molecule has 1 atom stereocenters. The second-order valence-corrected chi connectivity index (χ2v) is 7.00. The highest BCUT2D eigenvalue weighted by molar-refractivity contribution is 5.78. The van der Waals surface area contributed by atoms with Gasteiger partial charge in [0.1, 0.15) is 5.82 Å². The first kappa shape index (κ1) is 17.0. The minimum absolute atomic E-state index is 0.261. The first-order valence-electron chi connectivity index (χ1n) is 8.98. The Morgan fingerprint density at radius 3 is 2.75 bits per heavy atom. The van der Waals surface area contributed by atoms with Crippen LogP contribution in [0.15, 0.2) is 23.3 Å². The van der Waals surface area contributed by atoms with Gasteiger partial charge in [0.05, 0.1) is 19.3 Å². The van der Waals surface area contributed by atoms with Crippen molar-refractivity contribution in [1.82, 2.24) is 9.88 Å². The second-order valence-electron chi connectivity index (χ2n) is 7.00. The van der Waals surface area contributed by atoms with Gasteiger partial charge in [-0.05, 0) is 37.3 Å². The number of piperidine rings is 1. The molecule has 2 aliphatic heterocycles. The first-order chi connectivity index (χ1) is 11.6. The zero-order valence-electron chi connectivity index (χ0n) is 14.8. The lowest BCUT2D eigenvalue weighted by molar-refractivity contribution is 0.0529. The predicted molar refractivity (Wildman–Crippen MR) is 97.2 cm³/mol. The number of hydrogen-bond acceptors (Lipinski definition) is 4. The lowest BCUT2D eigenvalue weighted by Crippen LogP contribution is -2.42. The Labute approximate surface area is 144 Å². The van der Waals surface area contributed by atoms with Gasteiger partial charge in [-0.1, -0.05) is 13.0 Å². The standard InChI is InChI=1S/C18H29N5O/c1-14-5-7-22(8-6-14)18(19)21-12-16-3-4-17(20-11-16)23-9-10-24-15(2)13-23/h3-4,11,14-15H,5-10,12-13H2,1-2H3,(H2,19,21). The van der Waals surface area contributed by atoms with Crippen molar-refractivity contribution in [2.45, 2.75) is 39.3 Å². The van der Waals surface area contributed by atoms with Crippen LogP contribution >= 0.6 is 0 Å². The second kappa shape index (κ2) is 7.83. The van der Waals surface area contributed by atoms with E-state index in [-0.39, 0.29) is 6.10 Å². The summed E-state index contributed by atoms with van der Waals surface area (Å²) in [6, 6.07) is 4.17. The molecule has 0 spiro atoms. The van der Waals surface area contributed by atoms with Crippen molar-refractivity contribution < 1.29 is 4.74 Å². The predicted octanol–water partition coefficient (Wildman–Crippen LogP) is 1.85. The van der Waals surface area contributed by atoms with E-state index < -0.39 is 0 Å². The van der Waals surface area contributed by atoms with Gasteiger partial charge >= 0.3 is 0 Å². The van der Waals surface area contributed by atoms with Gasteiger partial charge in [0.25, 0.3) is 0 Å². The van der Waals surface area contributed by atoms with Crippen molar-refractivity contribution in [3.8, 4) is 0 Å². The summed E-state index contributed by atoms with van der Waals surface area (Å²) in [6.45, 7) is 9.57. The highest BCUT2D eigenvalue weighted by Gasteiger charge is 2.18. The molecule has 3 heterocycles. The Morgan fingerprint density at radius 2 is 2.08 bits per heavy atom. The van der Waals surface area contributed by atoms with Crippen LogP contribution < -0.4 is 10.6 Å². The van der Waals surface area contributed by atoms with E-state index in [1.165, 1.54) is 12.8 Å². The van der Waals surface area contributed by atoms with Gasteiger partial charge in [-0.3, -0.25) is 0 Å². The van der Waals surface area contributed by atoms with Gasteiger partial charge in [0.15, 0.2) is 5.96 Å². The Kier molecular flexibility index (Phi) is 5.56. The normalized spacial score (nSPS) is 23.6. The summed E-state index contributed by atoms with van der Waals surface area (Å²) in [7, 11) is 0. The molecule has 2 saturated heterocycles. The Morgan fingerprint density at radius 1 is 1.29 bits per heavy atom. The summed E-state index contributed by atoms with van der Waals surface area (Å²) < 4.78 is 5.58. The van der Waals surface area contributed by atoms with Gasteiger partial charge in [0, 0.05) is 32.4 Å². The number of likely N-dealkylation sites (tertiary alicyclic amines) is 1. The number of nitrogens with two attached hydrogens (primary N) is 1. The third kappa shape index (κ3) is 4.38. The average Bonchev–Trinajstić information content (AvgIpc) is 2.61. The molecule has 2 fully saturated rings. The van der Waals surface area contributed by atoms with Crippen LogP contribution in [0.25, 0.3) is 0 Å². The number of aliphatic imine (C=N–C) groups is 1. The molecule has 1 aromatic rings. The third-order valence-corrected chi connectivity index (χ3v) is 4.91. The lowest BCUT2D eigenvalue weighted by Gasteiger charge is -2.32. The number of nitrogens with zero attached hydrogens (tertiary/aromatic N) is 4. The fourth-order valence-electron chi connectivity index (χ4n) is 3.23. The quantitative estimate of drug-likeness (QED) is 0.676. The largest absolute Gasteiger partial charge is 0.375 e. The van der Waals surface area contributed by atoms with E-state index in [9.17, 15) is 0 Å². The molecule has 0 radical (unpaired) electrons. The first-order valence-corrected chi connectivity index (χ1v) is 8.98. The van der Waals surface area contributed by atoms with Crippen molar-refractivity contribution >= 4 is 11.8 Å². The van der Waals surface area contributed by atoms with E-state index >= 15 is 0 Å². The van der Waals surface area contributed by atoms with Crippen molar-refractivity contribution in [3.05, 3.63) is 23.9 Å². The molecule has 132 valence electrons. The van der Waals surface area contributed by atoms with Gasteiger partial charge in [-0.15, -0.1) is 0 Å². The van der Waals surface area contributed by atoms with Crippen molar-refractivity contribution in [2.24, 2.45) is 16.6 Å². The van der Waals surface area contributed by atoms with Crippen LogP contribution in [-0.4, -0.2) is 54.7 Å². The summed E-state index contributed by atoms with van der Waals surface area (Å²) in [5, 5.41) is 0. The molecule has 2 N–H and O–H groups in total. The van der Waals surface area contributed by atoms with E-state index in [1.54, 1.807) is 0 Å². The molecular formula is C18H29N5O. The van der Waals surface area contributed by atoms with E-state index in [0.717, 1.165) is 50.1 Å². The summed E-state index contributed by atoms with van der Waals surface area (Å²) in [5.74, 6) is 2.47. The summed E-state index contributed by atoms with van der Waals surface area (Å²) in [4.78, 5) is 13.6. The number of hydrogen-bond donors (Lipinski definition) is 1. The third-order valence-electron chi connectivity index (χ3n) is 4.91. The number of ether oxygens (including phenoxy) is 1. The number of rotatable bonds is 3. The zero-order chi connectivity index (χ0) is 16.9. The van der Waals surface area contributed by atoms with E-state index in [2.05, 4.69) is 45.8 Å². The molecule has 0 amide bonds. The molecule has 0 saturated carbocycles. The molecule has 1 unspecified atom stereocenters. The topological polar surface area (TPSA) is 67.0 Å². The maximum absolute atomic E-state index is 6.14. The van der Waals surface area contributed by atoms with Crippen LogP contribution in [0.5, 0.6) is 0 Å². The molecular weight excluding hydrogens is 302 g/mol. The van der Waals surface area contributed by atoms with Gasteiger partial charge in [-0.25, -0.2) is 9.98 Å². The van der Waals surface area contributed by atoms with Crippen LogP contribution in [0.1, 0.15) is 32.3 Å². The van der Waals surface area contributed by atoms with Gasteiger partial charge in [0.2, 0.25) is 0 Å². The number of pyridine rings is 1. The molecule has 6 nitrogen and oxygen atoms in total. The maximum Gasteiger partial charge on any atom is 0.191 e. The minimum atomic E-state index is 0.261. The minimum Gasteiger partial charge on any atom is -0.375 e. The fourth-order valence-corrected chi connectivity index (χ4v) is 3.23. The molecule has 24 heavy (non-hydrogen) atoms. The van der Waals surface area contributed by atoms with Crippen LogP contribution in [-0.2, 0) is 11.3 Å². The summed E-state index contributed by atoms with van der Waals surface area (Å²) in [6.07, 6.45) is 4.57. The molecule has 0 aromatic carbocycles. The molecule has 2 aliphatic rings. The molecule has 3 rings (SSSR count). The van der Waals surface area contributed by atoms with E-state index in [0.29, 0.717) is 12.5 Å². The number of anilines is 1. The maximum atomic E-state index is 6.14. The smallest absolute Gasteiger partial charge is 0.191 e. The fraction of sp³-hybridized carbons (Fsp3) is 0.667. The SMILES string of the molecule is CC1CCN(C(N)=NCc2ccc(N3CCOC(C)C3)nc2)CC1. The van der Waals surface area contributed by atoms with Crippen molar-refractivity contribution in [2.75, 3.05) is 37.7 Å².